The number of rotatable bonds is 3. The fraction of sp³-hybridized carbons (Fsp3) is 0.455. The molecule has 1 aliphatic rings. The van der Waals surface area contributed by atoms with Gasteiger partial charge in [0.05, 0.1) is 12.1 Å². The molecule has 96 valence electrons. The predicted molar refractivity (Wildman–Crippen MR) is 61.1 cm³/mol. The van der Waals surface area contributed by atoms with Crippen LogP contribution in [0.1, 0.15) is 29.8 Å². The van der Waals surface area contributed by atoms with E-state index in [0.717, 1.165) is 6.20 Å². The van der Waals surface area contributed by atoms with Gasteiger partial charge in [0, 0.05) is 12.2 Å². The van der Waals surface area contributed by atoms with Crippen LogP contribution in [0.3, 0.4) is 0 Å². The van der Waals surface area contributed by atoms with Gasteiger partial charge in [-0.2, -0.15) is 0 Å². The molecule has 1 aliphatic carbocycles. The summed E-state index contributed by atoms with van der Waals surface area (Å²) in [4.78, 5) is 39.4. The summed E-state index contributed by atoms with van der Waals surface area (Å²) in [6.45, 7) is 0. The Morgan fingerprint density at radius 2 is 2.22 bits per heavy atom. The molecule has 18 heavy (non-hydrogen) atoms. The number of H-pyrrole nitrogens is 1. The highest BCUT2D eigenvalue weighted by Crippen LogP contribution is 2.25. The number of nitrogens with zero attached hydrogens (tertiary/aromatic N) is 1. The van der Waals surface area contributed by atoms with Gasteiger partial charge in [-0.1, -0.05) is 0 Å². The van der Waals surface area contributed by atoms with Crippen LogP contribution in [-0.2, 0) is 4.79 Å². The molecule has 3 N–H and O–H groups in total. The third-order valence-corrected chi connectivity index (χ3v) is 3.02. The Morgan fingerprint density at radius 3 is 2.78 bits per heavy atom. The second-order valence-electron chi connectivity index (χ2n) is 4.31. The number of aromatic amines is 1. The maximum absolute atomic E-state index is 11.7. The molecule has 0 unspecified atom stereocenters. The molecule has 1 fully saturated rings. The highest BCUT2D eigenvalue weighted by molar-refractivity contribution is 5.92. The Kier molecular flexibility index (Phi) is 3.40. The Labute approximate surface area is 102 Å². The van der Waals surface area contributed by atoms with Crippen LogP contribution in [0, 0.1) is 5.92 Å². The van der Waals surface area contributed by atoms with E-state index < -0.39 is 11.9 Å². The molecule has 2 rings (SSSR count). The number of aromatic nitrogens is 2. The second kappa shape index (κ2) is 4.99. The maximum atomic E-state index is 11.7. The average molecular weight is 251 g/mol. The number of carbonyl (C=O) groups excluding carboxylic acids is 1. The Morgan fingerprint density at radius 1 is 1.44 bits per heavy atom. The maximum Gasteiger partial charge on any atom is 0.306 e. The molecular weight excluding hydrogens is 238 g/mol. The third kappa shape index (κ3) is 2.73. The number of aliphatic carboxylic acids is 1. The van der Waals surface area contributed by atoms with Crippen molar-refractivity contribution in [1.82, 2.24) is 15.3 Å². The molecule has 1 aromatic heterocycles. The summed E-state index contributed by atoms with van der Waals surface area (Å²) in [6, 6.07) is -0.146. The minimum absolute atomic E-state index is 0.119. The van der Waals surface area contributed by atoms with Crippen molar-refractivity contribution in [2.75, 3.05) is 0 Å². The lowest BCUT2D eigenvalue weighted by molar-refractivity contribution is -0.141. The Hall–Kier alpha value is -2.18. The van der Waals surface area contributed by atoms with Crippen LogP contribution in [0.5, 0.6) is 0 Å². The summed E-state index contributed by atoms with van der Waals surface area (Å²) in [5, 5.41) is 11.6. The van der Waals surface area contributed by atoms with Gasteiger partial charge < -0.3 is 15.4 Å². The van der Waals surface area contributed by atoms with Crippen molar-refractivity contribution in [2.45, 2.75) is 25.3 Å². The van der Waals surface area contributed by atoms with Crippen molar-refractivity contribution < 1.29 is 14.7 Å². The monoisotopic (exact) mass is 251 g/mol. The van der Waals surface area contributed by atoms with Gasteiger partial charge in [-0.15, -0.1) is 0 Å². The number of carboxylic acids is 1. The molecule has 0 aliphatic heterocycles. The van der Waals surface area contributed by atoms with Crippen LogP contribution >= 0.6 is 0 Å². The van der Waals surface area contributed by atoms with E-state index in [4.69, 9.17) is 5.11 Å². The number of carboxylic acid groups (broad SMARTS) is 1. The van der Waals surface area contributed by atoms with Crippen molar-refractivity contribution in [3.8, 4) is 0 Å². The van der Waals surface area contributed by atoms with Gasteiger partial charge in [-0.05, 0) is 19.3 Å². The van der Waals surface area contributed by atoms with Gasteiger partial charge in [0.1, 0.15) is 5.69 Å². The normalized spacial score (nSPS) is 22.7. The summed E-state index contributed by atoms with van der Waals surface area (Å²) in [5.41, 5.74) is -0.258. The van der Waals surface area contributed by atoms with Crippen LogP contribution in [0.25, 0.3) is 0 Å². The SMILES string of the molecule is O=C(N[C@H]1CC[C@@H](C(=O)O)C1)c1c[nH]c(=O)cn1. The Bertz CT molecular complexity index is 505. The van der Waals surface area contributed by atoms with E-state index in [1.807, 2.05) is 0 Å². The molecule has 0 aromatic carbocycles. The van der Waals surface area contributed by atoms with Crippen LogP contribution in [0.2, 0.25) is 0 Å². The van der Waals surface area contributed by atoms with Crippen LogP contribution in [-0.4, -0.2) is 33.0 Å². The first kappa shape index (κ1) is 12.3. The van der Waals surface area contributed by atoms with Crippen LogP contribution in [0.15, 0.2) is 17.2 Å². The average Bonchev–Trinajstić information content (AvgIpc) is 2.78. The van der Waals surface area contributed by atoms with E-state index in [0.29, 0.717) is 19.3 Å². The number of amides is 1. The summed E-state index contributed by atoms with van der Waals surface area (Å²) in [5.74, 6) is -1.62. The van der Waals surface area contributed by atoms with E-state index in [2.05, 4.69) is 15.3 Å². The molecule has 0 spiro atoms. The minimum Gasteiger partial charge on any atom is -0.481 e. The molecule has 2 atom stereocenters. The first-order valence-corrected chi connectivity index (χ1v) is 5.64. The molecular formula is C11H13N3O4. The lowest BCUT2D eigenvalue weighted by Crippen LogP contribution is -2.34. The standard InChI is InChI=1S/C11H13N3O4/c15-9-5-12-8(4-13-9)10(16)14-7-2-1-6(3-7)11(17)18/h4-7H,1-3H2,(H,13,15)(H,14,16)(H,17,18)/t6-,7+/m1/s1. The molecule has 7 heteroatoms. The van der Waals surface area contributed by atoms with E-state index in [1.165, 1.54) is 6.20 Å². The van der Waals surface area contributed by atoms with Crippen molar-refractivity contribution in [3.05, 3.63) is 28.4 Å². The molecule has 1 aromatic rings. The quantitative estimate of drug-likeness (QED) is 0.686. The molecule has 1 heterocycles. The summed E-state index contributed by atoms with van der Waals surface area (Å²) in [6.07, 6.45) is 3.92. The molecule has 1 saturated carbocycles. The summed E-state index contributed by atoms with van der Waals surface area (Å²) < 4.78 is 0. The van der Waals surface area contributed by atoms with Gasteiger partial charge in [0.15, 0.2) is 0 Å². The van der Waals surface area contributed by atoms with Crippen molar-refractivity contribution >= 4 is 11.9 Å². The van der Waals surface area contributed by atoms with Crippen molar-refractivity contribution in [1.29, 1.82) is 0 Å². The molecule has 0 saturated heterocycles. The van der Waals surface area contributed by atoms with E-state index >= 15 is 0 Å². The number of nitrogens with one attached hydrogen (secondary N) is 2. The topological polar surface area (TPSA) is 112 Å². The zero-order chi connectivity index (χ0) is 13.1. The number of carbonyl (C=O) groups is 2. The lowest BCUT2D eigenvalue weighted by Gasteiger charge is -2.11. The van der Waals surface area contributed by atoms with Gasteiger partial charge >= 0.3 is 5.97 Å². The van der Waals surface area contributed by atoms with Crippen molar-refractivity contribution in [2.24, 2.45) is 5.92 Å². The largest absolute Gasteiger partial charge is 0.481 e. The smallest absolute Gasteiger partial charge is 0.306 e. The minimum atomic E-state index is -0.825. The van der Waals surface area contributed by atoms with Gasteiger partial charge in [-0.3, -0.25) is 14.4 Å². The highest BCUT2D eigenvalue weighted by Gasteiger charge is 2.30. The van der Waals surface area contributed by atoms with Crippen molar-refractivity contribution in [3.63, 3.8) is 0 Å². The molecule has 1 amide bonds. The van der Waals surface area contributed by atoms with Gasteiger partial charge in [-0.25, -0.2) is 4.98 Å². The fourth-order valence-electron chi connectivity index (χ4n) is 2.06. The molecule has 7 nitrogen and oxygen atoms in total. The molecule has 0 radical (unpaired) electrons. The van der Waals surface area contributed by atoms with E-state index in [9.17, 15) is 14.4 Å². The van der Waals surface area contributed by atoms with Gasteiger partial charge in [0.25, 0.3) is 11.5 Å². The zero-order valence-corrected chi connectivity index (χ0v) is 9.55. The first-order chi connectivity index (χ1) is 8.56. The number of hydrogen-bond acceptors (Lipinski definition) is 4. The van der Waals surface area contributed by atoms with E-state index in [-0.39, 0.29) is 23.2 Å². The zero-order valence-electron chi connectivity index (χ0n) is 9.55. The highest BCUT2D eigenvalue weighted by atomic mass is 16.4. The van der Waals surface area contributed by atoms with Crippen LogP contribution in [0.4, 0.5) is 0 Å². The van der Waals surface area contributed by atoms with Crippen LogP contribution < -0.4 is 10.9 Å². The first-order valence-electron chi connectivity index (χ1n) is 5.64. The summed E-state index contributed by atoms with van der Waals surface area (Å²) >= 11 is 0. The third-order valence-electron chi connectivity index (χ3n) is 3.02. The predicted octanol–water partition coefficient (Wildman–Crippen LogP) is -0.247. The molecule has 0 bridgehead atoms. The number of hydrogen-bond donors (Lipinski definition) is 3. The summed E-state index contributed by atoms with van der Waals surface area (Å²) in [7, 11) is 0. The van der Waals surface area contributed by atoms with E-state index in [1.54, 1.807) is 0 Å². The Balaban J connectivity index is 1.94. The van der Waals surface area contributed by atoms with Gasteiger partial charge in [0.2, 0.25) is 0 Å². The second-order valence-corrected chi connectivity index (χ2v) is 4.31. The fourth-order valence-corrected chi connectivity index (χ4v) is 2.06. The lowest BCUT2D eigenvalue weighted by atomic mass is 10.1.